The molecule has 164 valence electrons. The van der Waals surface area contributed by atoms with Crippen LogP contribution in [0.3, 0.4) is 0 Å². The van der Waals surface area contributed by atoms with E-state index >= 15 is 0 Å². The Morgan fingerprint density at radius 1 is 1.00 bits per heavy atom. The van der Waals surface area contributed by atoms with Crippen LogP contribution >= 0.6 is 11.3 Å². The lowest BCUT2D eigenvalue weighted by molar-refractivity contribution is -0.137. The van der Waals surface area contributed by atoms with E-state index in [0.29, 0.717) is 16.1 Å². The third-order valence-electron chi connectivity index (χ3n) is 4.98. The van der Waals surface area contributed by atoms with Crippen molar-refractivity contribution in [1.29, 1.82) is 0 Å². The molecule has 6 nitrogen and oxygen atoms in total. The summed E-state index contributed by atoms with van der Waals surface area (Å²) in [6.07, 6.45) is 3.55. The van der Waals surface area contributed by atoms with Crippen molar-refractivity contribution in [3.8, 4) is 22.3 Å². The molecule has 0 aliphatic rings. The van der Waals surface area contributed by atoms with Crippen molar-refractivity contribution in [1.82, 2.24) is 19.6 Å². The average molecular weight is 465 g/mol. The van der Waals surface area contributed by atoms with Crippen molar-refractivity contribution in [3.63, 3.8) is 0 Å². The lowest BCUT2D eigenvalue weighted by atomic mass is 10.0. The maximum atomic E-state index is 13.5. The second-order valence-corrected chi connectivity index (χ2v) is 8.05. The first-order valence-corrected chi connectivity index (χ1v) is 10.6. The molecule has 10 heteroatoms. The second kappa shape index (κ2) is 8.14. The van der Waals surface area contributed by atoms with Crippen LogP contribution in [0.25, 0.3) is 27.9 Å². The largest absolute Gasteiger partial charge is 0.416 e. The number of nitrogens with one attached hydrogen (secondary N) is 1. The number of thiophene rings is 1. The molecule has 0 unspecified atom stereocenters. The van der Waals surface area contributed by atoms with Gasteiger partial charge in [0, 0.05) is 52.7 Å². The van der Waals surface area contributed by atoms with Crippen LogP contribution < -0.4 is 5.32 Å². The van der Waals surface area contributed by atoms with E-state index in [0.717, 1.165) is 23.3 Å². The van der Waals surface area contributed by atoms with Crippen molar-refractivity contribution >= 4 is 28.6 Å². The van der Waals surface area contributed by atoms with Gasteiger partial charge in [0.15, 0.2) is 5.65 Å². The van der Waals surface area contributed by atoms with E-state index in [1.54, 1.807) is 48.4 Å². The summed E-state index contributed by atoms with van der Waals surface area (Å²) >= 11 is 1.24. The van der Waals surface area contributed by atoms with Crippen LogP contribution in [-0.4, -0.2) is 25.5 Å². The molecule has 0 spiro atoms. The van der Waals surface area contributed by atoms with E-state index in [9.17, 15) is 18.0 Å². The van der Waals surface area contributed by atoms with Gasteiger partial charge in [-0.25, -0.2) is 9.50 Å². The first kappa shape index (κ1) is 20.8. The lowest BCUT2D eigenvalue weighted by Crippen LogP contribution is -2.12. The molecule has 1 N–H and O–H groups in total. The highest BCUT2D eigenvalue weighted by Gasteiger charge is 2.31. The molecule has 4 aromatic heterocycles. The molecule has 0 saturated carbocycles. The fourth-order valence-corrected chi connectivity index (χ4v) is 4.01. The third kappa shape index (κ3) is 4.08. The summed E-state index contributed by atoms with van der Waals surface area (Å²) in [5.41, 5.74) is 1.86. The number of anilines is 1. The zero-order valence-electron chi connectivity index (χ0n) is 16.7. The van der Waals surface area contributed by atoms with Gasteiger partial charge in [0.1, 0.15) is 0 Å². The van der Waals surface area contributed by atoms with Gasteiger partial charge >= 0.3 is 6.18 Å². The Labute approximate surface area is 189 Å². The molecule has 0 radical (unpaired) electrons. The van der Waals surface area contributed by atoms with Crippen LogP contribution in [0.15, 0.2) is 78.8 Å². The van der Waals surface area contributed by atoms with Gasteiger partial charge in [-0.3, -0.25) is 9.78 Å². The summed E-state index contributed by atoms with van der Waals surface area (Å²) in [6, 6.07) is 10.2. The topological polar surface area (TPSA) is 72.2 Å². The molecule has 5 rings (SSSR count). The molecular formula is C23H14F3N5OS. The number of carbonyl (C=O) groups is 1. The fraction of sp³-hybridized carbons (Fsp3) is 0.0435. The van der Waals surface area contributed by atoms with E-state index in [4.69, 9.17) is 0 Å². The summed E-state index contributed by atoms with van der Waals surface area (Å²) in [7, 11) is 0. The maximum Gasteiger partial charge on any atom is 0.416 e. The van der Waals surface area contributed by atoms with E-state index in [1.165, 1.54) is 28.1 Å². The SMILES string of the molecule is O=C(Nc1ccc(C(F)(F)F)cc1-c1cnn2cc(-c3cccnc3)cnc12)c1cccs1. The molecule has 4 heterocycles. The highest BCUT2D eigenvalue weighted by molar-refractivity contribution is 7.12. The Kier molecular flexibility index (Phi) is 5.14. The number of aromatic nitrogens is 4. The first-order valence-electron chi connectivity index (χ1n) is 9.70. The number of pyridine rings is 1. The zero-order valence-corrected chi connectivity index (χ0v) is 17.6. The van der Waals surface area contributed by atoms with Gasteiger partial charge < -0.3 is 5.32 Å². The standard InChI is InChI=1S/C23H14F3N5OS/c24-23(25,26)16-5-6-19(30-22(32)20-4-2-8-33-20)17(9-16)18-12-29-31-13-15(11-28-21(18)31)14-3-1-7-27-10-14/h1-13H,(H,30,32). The Bertz CT molecular complexity index is 1450. The normalized spacial score (nSPS) is 11.6. The van der Waals surface area contributed by atoms with Crippen molar-refractivity contribution < 1.29 is 18.0 Å². The Morgan fingerprint density at radius 2 is 1.88 bits per heavy atom. The van der Waals surface area contributed by atoms with Crippen LogP contribution in [0.4, 0.5) is 18.9 Å². The average Bonchev–Trinajstić information content (AvgIpc) is 3.49. The molecule has 5 aromatic rings. The van der Waals surface area contributed by atoms with Gasteiger partial charge in [0.2, 0.25) is 0 Å². The van der Waals surface area contributed by atoms with Gasteiger partial charge in [-0.2, -0.15) is 18.3 Å². The molecule has 0 atom stereocenters. The van der Waals surface area contributed by atoms with Crippen molar-refractivity contribution in [2.45, 2.75) is 6.18 Å². The number of carbonyl (C=O) groups excluding carboxylic acids is 1. The number of hydrogen-bond acceptors (Lipinski definition) is 5. The molecule has 0 aliphatic heterocycles. The van der Waals surface area contributed by atoms with Crippen LogP contribution in [0.1, 0.15) is 15.2 Å². The Balaban J connectivity index is 1.61. The van der Waals surface area contributed by atoms with Gasteiger partial charge in [-0.1, -0.05) is 12.1 Å². The number of nitrogens with zero attached hydrogens (tertiary/aromatic N) is 4. The van der Waals surface area contributed by atoms with E-state index in [-0.39, 0.29) is 11.3 Å². The lowest BCUT2D eigenvalue weighted by Gasteiger charge is -2.14. The number of amides is 1. The molecule has 0 fully saturated rings. The van der Waals surface area contributed by atoms with Crippen LogP contribution in [0, 0.1) is 0 Å². The Hall–Kier alpha value is -4.05. The van der Waals surface area contributed by atoms with E-state index in [1.807, 2.05) is 6.07 Å². The van der Waals surface area contributed by atoms with Crippen LogP contribution in [-0.2, 0) is 6.18 Å². The fourth-order valence-electron chi connectivity index (χ4n) is 3.39. The van der Waals surface area contributed by atoms with Crippen LogP contribution in [0.5, 0.6) is 0 Å². The summed E-state index contributed by atoms with van der Waals surface area (Å²) in [5, 5.41) is 8.75. The number of alkyl halides is 3. The molecule has 1 amide bonds. The van der Waals surface area contributed by atoms with Gasteiger partial charge in [0.25, 0.3) is 5.91 Å². The molecule has 1 aromatic carbocycles. The predicted molar refractivity (Wildman–Crippen MR) is 119 cm³/mol. The monoisotopic (exact) mass is 465 g/mol. The summed E-state index contributed by atoms with van der Waals surface area (Å²) in [4.78, 5) is 21.5. The van der Waals surface area contributed by atoms with Crippen LogP contribution in [0.2, 0.25) is 0 Å². The van der Waals surface area contributed by atoms with Gasteiger partial charge in [-0.15, -0.1) is 11.3 Å². The molecular weight excluding hydrogens is 451 g/mol. The number of rotatable bonds is 4. The van der Waals surface area contributed by atoms with Gasteiger partial charge in [0.05, 0.1) is 16.6 Å². The second-order valence-electron chi connectivity index (χ2n) is 7.10. The molecule has 0 aliphatic carbocycles. The van der Waals surface area contributed by atoms with Gasteiger partial charge in [-0.05, 0) is 35.7 Å². The Morgan fingerprint density at radius 3 is 2.61 bits per heavy atom. The van der Waals surface area contributed by atoms with Crippen molar-refractivity contribution in [3.05, 3.63) is 89.3 Å². The first-order chi connectivity index (χ1) is 15.9. The molecule has 0 saturated heterocycles. The highest BCUT2D eigenvalue weighted by Crippen LogP contribution is 2.37. The predicted octanol–water partition coefficient (Wildman–Crippen LogP) is 5.79. The maximum absolute atomic E-state index is 13.5. The minimum atomic E-state index is -4.55. The minimum Gasteiger partial charge on any atom is -0.321 e. The summed E-state index contributed by atoms with van der Waals surface area (Å²) < 4.78 is 41.8. The number of fused-ring (bicyclic) bond motifs is 1. The molecule has 0 bridgehead atoms. The van der Waals surface area contributed by atoms with E-state index in [2.05, 4.69) is 20.4 Å². The number of benzene rings is 1. The van der Waals surface area contributed by atoms with E-state index < -0.39 is 17.6 Å². The third-order valence-corrected chi connectivity index (χ3v) is 5.85. The number of hydrogen-bond donors (Lipinski definition) is 1. The van der Waals surface area contributed by atoms with Crippen molar-refractivity contribution in [2.75, 3.05) is 5.32 Å². The smallest absolute Gasteiger partial charge is 0.321 e. The number of halogens is 3. The quantitative estimate of drug-likeness (QED) is 0.365. The van der Waals surface area contributed by atoms with Crippen molar-refractivity contribution in [2.24, 2.45) is 0 Å². The summed E-state index contributed by atoms with van der Waals surface area (Å²) in [6.45, 7) is 0. The summed E-state index contributed by atoms with van der Waals surface area (Å²) in [5.74, 6) is -0.408. The zero-order chi connectivity index (χ0) is 23.0. The molecule has 33 heavy (non-hydrogen) atoms. The highest BCUT2D eigenvalue weighted by atomic mass is 32.1. The minimum absolute atomic E-state index is 0.173.